The maximum absolute atomic E-state index is 12.4. The molecule has 126 valence electrons. The van der Waals surface area contributed by atoms with Crippen molar-refractivity contribution < 1.29 is 19.4 Å². The van der Waals surface area contributed by atoms with Crippen molar-refractivity contribution in [3.05, 3.63) is 22.8 Å². The molecular weight excluding hydrogens is 320 g/mol. The smallest absolute Gasteiger partial charge is 0.308 e. The number of pyridine rings is 1. The van der Waals surface area contributed by atoms with E-state index in [-0.39, 0.29) is 22.9 Å². The van der Waals surface area contributed by atoms with E-state index in [1.54, 1.807) is 0 Å². The monoisotopic (exact) mass is 340 g/mol. The number of ether oxygens (including phenoxy) is 1. The minimum atomic E-state index is -0.861. The quantitative estimate of drug-likeness (QED) is 0.804. The molecule has 2 N–H and O–H groups in total. The number of halogens is 1. The van der Waals surface area contributed by atoms with E-state index in [0.29, 0.717) is 25.0 Å². The fraction of sp³-hybridized carbons (Fsp3) is 0.562. The summed E-state index contributed by atoms with van der Waals surface area (Å²) in [6, 6.07) is 1.12. The average Bonchev–Trinajstić information content (AvgIpc) is 2.75. The van der Waals surface area contributed by atoms with E-state index >= 15 is 0 Å². The summed E-state index contributed by atoms with van der Waals surface area (Å²) in [4.78, 5) is 27.8. The Labute approximate surface area is 140 Å². The van der Waals surface area contributed by atoms with Gasteiger partial charge in [-0.2, -0.15) is 0 Å². The lowest BCUT2D eigenvalue weighted by atomic mass is 9.94. The summed E-state index contributed by atoms with van der Waals surface area (Å²) in [6.45, 7) is 2.25. The zero-order valence-electron chi connectivity index (χ0n) is 13.0. The highest BCUT2D eigenvalue weighted by Crippen LogP contribution is 2.25. The van der Waals surface area contributed by atoms with E-state index in [2.05, 4.69) is 10.3 Å². The van der Waals surface area contributed by atoms with Crippen LogP contribution in [0.4, 0.5) is 0 Å². The van der Waals surface area contributed by atoms with Gasteiger partial charge in [-0.25, -0.2) is 4.98 Å². The van der Waals surface area contributed by atoms with Crippen molar-refractivity contribution in [2.45, 2.75) is 45.1 Å². The fourth-order valence-corrected chi connectivity index (χ4v) is 3.04. The van der Waals surface area contributed by atoms with Crippen LogP contribution in [-0.4, -0.2) is 34.6 Å². The molecule has 1 heterocycles. The molecule has 1 aromatic heterocycles. The third-order valence-electron chi connectivity index (χ3n) is 4.00. The number of carbonyl (C=O) groups is 2. The van der Waals surface area contributed by atoms with Gasteiger partial charge in [0.05, 0.1) is 18.1 Å². The maximum atomic E-state index is 12.4. The molecule has 23 heavy (non-hydrogen) atoms. The van der Waals surface area contributed by atoms with E-state index in [9.17, 15) is 14.7 Å². The third-order valence-corrected chi connectivity index (χ3v) is 4.27. The summed E-state index contributed by atoms with van der Waals surface area (Å²) >= 11 is 6.04. The van der Waals surface area contributed by atoms with Gasteiger partial charge in [0.25, 0.3) is 5.91 Å². The van der Waals surface area contributed by atoms with Crippen LogP contribution in [0.25, 0.3) is 0 Å². The fourth-order valence-electron chi connectivity index (χ4n) is 2.82. The number of nitrogens with zero attached hydrogens (tertiary/aromatic N) is 1. The predicted molar refractivity (Wildman–Crippen MR) is 85.9 cm³/mol. The number of hydrogen-bond acceptors (Lipinski definition) is 4. The first-order chi connectivity index (χ1) is 11.0. The number of aromatic nitrogens is 1. The highest BCUT2D eigenvalue weighted by molar-refractivity contribution is 6.32. The summed E-state index contributed by atoms with van der Waals surface area (Å²) in [6.07, 6.45) is 5.42. The highest BCUT2D eigenvalue weighted by Gasteiger charge is 2.30. The van der Waals surface area contributed by atoms with E-state index in [1.165, 1.54) is 12.3 Å². The van der Waals surface area contributed by atoms with Gasteiger partial charge in [-0.3, -0.25) is 9.59 Å². The molecule has 0 unspecified atom stereocenters. The number of nitrogens with one attached hydrogen (secondary N) is 1. The molecule has 0 aromatic carbocycles. The molecule has 1 aliphatic carbocycles. The Morgan fingerprint density at radius 1 is 1.39 bits per heavy atom. The van der Waals surface area contributed by atoms with Gasteiger partial charge < -0.3 is 15.2 Å². The molecule has 7 heteroatoms. The number of carboxylic acid groups (broad SMARTS) is 1. The summed E-state index contributed by atoms with van der Waals surface area (Å²) in [5.41, 5.74) is 0.298. The number of hydrogen-bond donors (Lipinski definition) is 2. The van der Waals surface area contributed by atoms with Crippen LogP contribution in [0, 0.1) is 5.92 Å². The molecule has 1 aliphatic rings. The second-order valence-electron chi connectivity index (χ2n) is 5.61. The number of amides is 1. The van der Waals surface area contributed by atoms with Gasteiger partial charge in [0, 0.05) is 12.2 Å². The van der Waals surface area contributed by atoms with Gasteiger partial charge in [-0.05, 0) is 25.8 Å². The van der Waals surface area contributed by atoms with Crippen molar-refractivity contribution >= 4 is 23.5 Å². The Morgan fingerprint density at radius 2 is 2.13 bits per heavy atom. The largest absolute Gasteiger partial charge is 0.481 e. The molecule has 1 fully saturated rings. The predicted octanol–water partition coefficient (Wildman–Crippen LogP) is 2.90. The lowest BCUT2D eigenvalue weighted by Gasteiger charge is -2.22. The molecule has 0 radical (unpaired) electrons. The van der Waals surface area contributed by atoms with Crippen molar-refractivity contribution in [1.82, 2.24) is 10.3 Å². The number of carboxylic acids is 1. The van der Waals surface area contributed by atoms with E-state index < -0.39 is 11.9 Å². The summed E-state index contributed by atoms with van der Waals surface area (Å²) < 4.78 is 5.23. The molecule has 2 rings (SSSR count). The molecule has 2 atom stereocenters. The number of rotatable bonds is 5. The summed E-state index contributed by atoms with van der Waals surface area (Å²) in [5, 5.41) is 12.4. The topological polar surface area (TPSA) is 88.5 Å². The Kier molecular flexibility index (Phi) is 6.21. The molecular formula is C16H21ClN2O4. The van der Waals surface area contributed by atoms with E-state index in [4.69, 9.17) is 16.3 Å². The van der Waals surface area contributed by atoms with Crippen LogP contribution in [0.1, 0.15) is 49.4 Å². The van der Waals surface area contributed by atoms with Gasteiger partial charge in [-0.15, -0.1) is 0 Å². The minimum Gasteiger partial charge on any atom is -0.481 e. The SMILES string of the molecule is CCOc1ncc(C(=O)N[C@H]2CCCCC[C@H]2C(=O)O)cc1Cl. The van der Waals surface area contributed by atoms with Crippen LogP contribution in [0.2, 0.25) is 5.02 Å². The van der Waals surface area contributed by atoms with Crippen molar-refractivity contribution in [3.8, 4) is 5.88 Å². The molecule has 1 saturated carbocycles. The van der Waals surface area contributed by atoms with E-state index in [0.717, 1.165) is 19.3 Å². The maximum Gasteiger partial charge on any atom is 0.308 e. The first-order valence-electron chi connectivity index (χ1n) is 7.85. The van der Waals surface area contributed by atoms with Crippen LogP contribution >= 0.6 is 11.6 Å². The normalized spacial score (nSPS) is 21.3. The zero-order chi connectivity index (χ0) is 16.8. The van der Waals surface area contributed by atoms with Gasteiger partial charge in [-0.1, -0.05) is 30.9 Å². The van der Waals surface area contributed by atoms with Crippen molar-refractivity contribution in [2.75, 3.05) is 6.61 Å². The molecule has 6 nitrogen and oxygen atoms in total. The molecule has 0 bridgehead atoms. The first-order valence-corrected chi connectivity index (χ1v) is 8.22. The standard InChI is InChI=1S/C16H21ClN2O4/c1-2-23-15-12(17)8-10(9-18-15)14(20)19-13-7-5-3-4-6-11(13)16(21)22/h8-9,11,13H,2-7H2,1H3,(H,19,20)(H,21,22)/t11-,13+/m1/s1. The molecule has 0 spiro atoms. The van der Waals surface area contributed by atoms with Crippen LogP contribution in [0.5, 0.6) is 5.88 Å². The number of aliphatic carboxylic acids is 1. The molecule has 0 aliphatic heterocycles. The summed E-state index contributed by atoms with van der Waals surface area (Å²) in [5.74, 6) is -1.49. The van der Waals surface area contributed by atoms with Crippen molar-refractivity contribution in [3.63, 3.8) is 0 Å². The minimum absolute atomic E-state index is 0.259. The van der Waals surface area contributed by atoms with Crippen molar-refractivity contribution in [2.24, 2.45) is 5.92 Å². The van der Waals surface area contributed by atoms with Crippen LogP contribution < -0.4 is 10.1 Å². The Hall–Kier alpha value is -1.82. The van der Waals surface area contributed by atoms with Gasteiger partial charge in [0.2, 0.25) is 5.88 Å². The lowest BCUT2D eigenvalue weighted by Crippen LogP contribution is -2.42. The van der Waals surface area contributed by atoms with E-state index in [1.807, 2.05) is 6.92 Å². The number of carbonyl (C=O) groups excluding carboxylic acids is 1. The Morgan fingerprint density at radius 3 is 2.78 bits per heavy atom. The zero-order valence-corrected chi connectivity index (χ0v) is 13.8. The van der Waals surface area contributed by atoms with Crippen LogP contribution in [0.3, 0.4) is 0 Å². The molecule has 0 saturated heterocycles. The molecule has 1 aromatic rings. The molecule has 1 amide bonds. The van der Waals surface area contributed by atoms with Crippen LogP contribution in [0.15, 0.2) is 12.3 Å². The first kappa shape index (κ1) is 17.5. The Bertz CT molecular complexity index is 579. The van der Waals surface area contributed by atoms with Gasteiger partial charge >= 0.3 is 5.97 Å². The second-order valence-corrected chi connectivity index (χ2v) is 6.01. The highest BCUT2D eigenvalue weighted by atomic mass is 35.5. The average molecular weight is 341 g/mol. The van der Waals surface area contributed by atoms with Gasteiger partial charge in [0.15, 0.2) is 0 Å². The summed E-state index contributed by atoms with van der Waals surface area (Å²) in [7, 11) is 0. The van der Waals surface area contributed by atoms with Gasteiger partial charge in [0.1, 0.15) is 5.02 Å². The second kappa shape index (κ2) is 8.15. The Balaban J connectivity index is 2.10. The third kappa shape index (κ3) is 4.58. The van der Waals surface area contributed by atoms with Crippen molar-refractivity contribution in [1.29, 1.82) is 0 Å². The van der Waals surface area contributed by atoms with Crippen LogP contribution in [-0.2, 0) is 4.79 Å². The lowest BCUT2D eigenvalue weighted by molar-refractivity contribution is -0.142.